The summed E-state index contributed by atoms with van der Waals surface area (Å²) in [5, 5.41) is 3.25. The van der Waals surface area contributed by atoms with Crippen LogP contribution in [-0.2, 0) is 4.79 Å². The molecule has 0 saturated heterocycles. The van der Waals surface area contributed by atoms with E-state index in [0.29, 0.717) is 18.5 Å². The Morgan fingerprint density at radius 2 is 1.85 bits per heavy atom. The molecular formula is C16H31ClN2O. The third-order valence-corrected chi connectivity index (χ3v) is 5.15. The Bertz CT molecular complexity index is 292. The lowest BCUT2D eigenvalue weighted by Gasteiger charge is -2.26. The molecule has 3 atom stereocenters. The molecule has 3 N–H and O–H groups in total. The van der Waals surface area contributed by atoms with Crippen molar-refractivity contribution in [2.75, 3.05) is 6.54 Å². The van der Waals surface area contributed by atoms with Gasteiger partial charge in [0.05, 0.1) is 0 Å². The molecule has 118 valence electrons. The Labute approximate surface area is 129 Å². The third-order valence-electron chi connectivity index (χ3n) is 5.15. The van der Waals surface area contributed by atoms with E-state index >= 15 is 0 Å². The summed E-state index contributed by atoms with van der Waals surface area (Å²) >= 11 is 0. The first-order valence-electron chi connectivity index (χ1n) is 8.21. The molecule has 0 spiro atoms. The van der Waals surface area contributed by atoms with Gasteiger partial charge in [0, 0.05) is 12.0 Å². The number of nitrogens with one attached hydrogen (secondary N) is 1. The van der Waals surface area contributed by atoms with Crippen LogP contribution in [0.3, 0.4) is 0 Å². The molecule has 2 aliphatic carbocycles. The number of hydrogen-bond acceptors (Lipinski definition) is 2. The Kier molecular flexibility index (Phi) is 7.90. The van der Waals surface area contributed by atoms with Crippen LogP contribution in [0.1, 0.15) is 64.7 Å². The monoisotopic (exact) mass is 302 g/mol. The number of halogens is 1. The van der Waals surface area contributed by atoms with Crippen molar-refractivity contribution >= 4 is 18.3 Å². The Balaban J connectivity index is 0.00000200. The average molecular weight is 303 g/mol. The molecular weight excluding hydrogens is 272 g/mol. The zero-order chi connectivity index (χ0) is 13.7. The van der Waals surface area contributed by atoms with E-state index in [1.165, 1.54) is 44.9 Å². The van der Waals surface area contributed by atoms with Gasteiger partial charge in [0.25, 0.3) is 0 Å². The van der Waals surface area contributed by atoms with Gasteiger partial charge in [0.15, 0.2) is 0 Å². The number of amides is 1. The first kappa shape index (κ1) is 17.8. The van der Waals surface area contributed by atoms with Crippen molar-refractivity contribution in [3.63, 3.8) is 0 Å². The number of carbonyl (C=O) groups is 1. The van der Waals surface area contributed by atoms with Gasteiger partial charge in [-0.1, -0.05) is 45.4 Å². The minimum Gasteiger partial charge on any atom is -0.353 e. The highest BCUT2D eigenvalue weighted by Gasteiger charge is 2.29. The Morgan fingerprint density at radius 1 is 1.15 bits per heavy atom. The number of carbonyl (C=O) groups excluding carboxylic acids is 1. The predicted octanol–water partition coefficient (Wildman–Crippen LogP) is 3.26. The van der Waals surface area contributed by atoms with E-state index in [9.17, 15) is 4.79 Å². The summed E-state index contributed by atoms with van der Waals surface area (Å²) in [7, 11) is 0. The lowest BCUT2D eigenvalue weighted by atomic mass is 9.83. The van der Waals surface area contributed by atoms with E-state index in [1.807, 2.05) is 0 Å². The number of nitrogens with two attached hydrogens (primary N) is 1. The Morgan fingerprint density at radius 3 is 2.50 bits per heavy atom. The highest BCUT2D eigenvalue weighted by molar-refractivity contribution is 5.85. The van der Waals surface area contributed by atoms with E-state index in [1.54, 1.807) is 0 Å². The quantitative estimate of drug-likeness (QED) is 0.819. The van der Waals surface area contributed by atoms with Gasteiger partial charge >= 0.3 is 0 Å². The van der Waals surface area contributed by atoms with Crippen molar-refractivity contribution in [1.82, 2.24) is 5.32 Å². The molecule has 0 radical (unpaired) electrons. The second-order valence-electron chi connectivity index (χ2n) is 6.68. The minimum absolute atomic E-state index is 0. The van der Waals surface area contributed by atoms with Crippen LogP contribution in [0.15, 0.2) is 0 Å². The highest BCUT2D eigenvalue weighted by atomic mass is 35.5. The molecule has 0 aliphatic heterocycles. The maximum absolute atomic E-state index is 12.3. The van der Waals surface area contributed by atoms with Gasteiger partial charge in [0.1, 0.15) is 0 Å². The van der Waals surface area contributed by atoms with Crippen LogP contribution in [0.2, 0.25) is 0 Å². The van der Waals surface area contributed by atoms with E-state index in [-0.39, 0.29) is 24.2 Å². The van der Waals surface area contributed by atoms with Crippen molar-refractivity contribution in [2.24, 2.45) is 23.5 Å². The van der Waals surface area contributed by atoms with Crippen molar-refractivity contribution in [2.45, 2.75) is 70.8 Å². The summed E-state index contributed by atoms with van der Waals surface area (Å²) in [5.74, 6) is 1.72. The van der Waals surface area contributed by atoms with Gasteiger partial charge in [-0.2, -0.15) is 0 Å². The summed E-state index contributed by atoms with van der Waals surface area (Å²) in [6, 6.07) is 0.339. The molecule has 2 fully saturated rings. The van der Waals surface area contributed by atoms with Gasteiger partial charge in [-0.3, -0.25) is 4.79 Å². The zero-order valence-corrected chi connectivity index (χ0v) is 13.6. The van der Waals surface area contributed by atoms with Crippen LogP contribution in [0, 0.1) is 17.8 Å². The standard InChI is InChI=1S/C16H30N2O.ClH/c1-12(10-13-6-3-2-4-7-13)16(19)18-15-9-5-8-14(15)11-17;/h12-15H,2-11,17H2,1H3,(H,18,19);1H. The second kappa shape index (κ2) is 8.89. The maximum Gasteiger partial charge on any atom is 0.223 e. The molecule has 0 aromatic heterocycles. The first-order valence-corrected chi connectivity index (χ1v) is 8.21. The van der Waals surface area contributed by atoms with Crippen LogP contribution < -0.4 is 11.1 Å². The fourth-order valence-electron chi connectivity index (χ4n) is 3.86. The molecule has 2 aliphatic rings. The summed E-state index contributed by atoms with van der Waals surface area (Å²) in [6.07, 6.45) is 11.3. The summed E-state index contributed by atoms with van der Waals surface area (Å²) in [5.41, 5.74) is 5.77. The van der Waals surface area contributed by atoms with Crippen LogP contribution in [0.25, 0.3) is 0 Å². The fourth-order valence-corrected chi connectivity index (χ4v) is 3.86. The molecule has 1 amide bonds. The smallest absolute Gasteiger partial charge is 0.223 e. The van der Waals surface area contributed by atoms with Crippen LogP contribution in [-0.4, -0.2) is 18.5 Å². The van der Waals surface area contributed by atoms with E-state index in [4.69, 9.17) is 5.73 Å². The van der Waals surface area contributed by atoms with Gasteiger partial charge in [-0.05, 0) is 37.6 Å². The molecule has 3 nitrogen and oxygen atoms in total. The van der Waals surface area contributed by atoms with E-state index < -0.39 is 0 Å². The van der Waals surface area contributed by atoms with Crippen molar-refractivity contribution in [1.29, 1.82) is 0 Å². The predicted molar refractivity (Wildman–Crippen MR) is 85.9 cm³/mol. The summed E-state index contributed by atoms with van der Waals surface area (Å²) in [6.45, 7) is 2.80. The topological polar surface area (TPSA) is 55.1 Å². The fraction of sp³-hybridized carbons (Fsp3) is 0.938. The molecule has 2 saturated carbocycles. The molecule has 0 bridgehead atoms. The second-order valence-corrected chi connectivity index (χ2v) is 6.68. The lowest BCUT2D eigenvalue weighted by molar-refractivity contribution is -0.126. The van der Waals surface area contributed by atoms with Gasteiger partial charge in [-0.15, -0.1) is 12.4 Å². The summed E-state index contributed by atoms with van der Waals surface area (Å²) < 4.78 is 0. The SMILES string of the molecule is CC(CC1CCCCC1)C(=O)NC1CCCC1CN.Cl. The first-order chi connectivity index (χ1) is 9.20. The third kappa shape index (κ3) is 4.92. The van der Waals surface area contributed by atoms with Gasteiger partial charge in [-0.25, -0.2) is 0 Å². The van der Waals surface area contributed by atoms with Crippen molar-refractivity contribution in [3.8, 4) is 0 Å². The van der Waals surface area contributed by atoms with Crippen LogP contribution in [0.4, 0.5) is 0 Å². The minimum atomic E-state index is 0. The number of rotatable bonds is 5. The van der Waals surface area contributed by atoms with E-state index in [2.05, 4.69) is 12.2 Å². The maximum atomic E-state index is 12.3. The normalized spacial score (nSPS) is 28.7. The molecule has 0 aromatic carbocycles. The largest absolute Gasteiger partial charge is 0.353 e. The Hall–Kier alpha value is -0.280. The molecule has 4 heteroatoms. The molecule has 3 unspecified atom stereocenters. The highest BCUT2D eigenvalue weighted by Crippen LogP contribution is 2.30. The lowest BCUT2D eigenvalue weighted by Crippen LogP contribution is -2.42. The molecule has 20 heavy (non-hydrogen) atoms. The van der Waals surface area contributed by atoms with Crippen LogP contribution in [0.5, 0.6) is 0 Å². The number of hydrogen-bond donors (Lipinski definition) is 2. The van der Waals surface area contributed by atoms with Crippen molar-refractivity contribution < 1.29 is 4.79 Å². The molecule has 2 rings (SSSR count). The average Bonchev–Trinajstić information content (AvgIpc) is 2.87. The molecule has 0 heterocycles. The van der Waals surface area contributed by atoms with Crippen LogP contribution >= 0.6 is 12.4 Å². The van der Waals surface area contributed by atoms with Crippen molar-refractivity contribution in [3.05, 3.63) is 0 Å². The van der Waals surface area contributed by atoms with Gasteiger partial charge < -0.3 is 11.1 Å². The van der Waals surface area contributed by atoms with Gasteiger partial charge in [0.2, 0.25) is 5.91 Å². The molecule has 0 aromatic rings. The van der Waals surface area contributed by atoms with E-state index in [0.717, 1.165) is 18.8 Å². The summed E-state index contributed by atoms with van der Waals surface area (Å²) in [4.78, 5) is 12.3. The zero-order valence-electron chi connectivity index (χ0n) is 12.8.